The van der Waals surface area contributed by atoms with Gasteiger partial charge in [0.1, 0.15) is 0 Å². The lowest BCUT2D eigenvalue weighted by molar-refractivity contribution is 0.112. The van der Waals surface area contributed by atoms with E-state index in [-0.39, 0.29) is 0 Å². The minimum atomic E-state index is 0.579. The molecule has 0 spiro atoms. The van der Waals surface area contributed by atoms with E-state index in [2.05, 4.69) is 10.1 Å². The zero-order valence-electron chi connectivity index (χ0n) is 9.95. The molecule has 0 atom stereocenters. The van der Waals surface area contributed by atoms with Gasteiger partial charge in [-0.1, -0.05) is 23.7 Å². The third-order valence-corrected chi connectivity index (χ3v) is 3.06. The van der Waals surface area contributed by atoms with E-state index in [0.29, 0.717) is 22.8 Å². The molecule has 5 heteroatoms. The molecule has 0 amide bonds. The smallest absolute Gasteiger partial charge is 0.156 e. The van der Waals surface area contributed by atoms with Crippen LogP contribution in [0.25, 0.3) is 5.65 Å². The summed E-state index contributed by atoms with van der Waals surface area (Å²) in [5.74, 6) is 0.713. The average Bonchev–Trinajstić information content (AvgIpc) is 2.82. The number of hydrogen-bond donors (Lipinski definition) is 0. The zero-order chi connectivity index (χ0) is 13.2. The van der Waals surface area contributed by atoms with Crippen molar-refractivity contribution in [3.63, 3.8) is 0 Å². The van der Waals surface area contributed by atoms with Crippen LogP contribution in [0, 0.1) is 0 Å². The first-order chi connectivity index (χ1) is 9.24. The molecule has 0 aliphatic heterocycles. The number of aromatic nitrogens is 3. The molecule has 4 nitrogen and oxygen atoms in total. The summed E-state index contributed by atoms with van der Waals surface area (Å²) in [6, 6.07) is 11.1. The topological polar surface area (TPSA) is 47.3 Å². The fourth-order valence-electron chi connectivity index (χ4n) is 1.87. The second kappa shape index (κ2) is 4.82. The van der Waals surface area contributed by atoms with Crippen molar-refractivity contribution in [3.05, 3.63) is 64.6 Å². The van der Waals surface area contributed by atoms with Crippen molar-refractivity contribution in [2.24, 2.45) is 0 Å². The summed E-state index contributed by atoms with van der Waals surface area (Å²) in [6.07, 6.45) is 3.09. The molecule has 19 heavy (non-hydrogen) atoms. The van der Waals surface area contributed by atoms with Gasteiger partial charge in [0.2, 0.25) is 0 Å². The van der Waals surface area contributed by atoms with Gasteiger partial charge in [-0.15, -0.1) is 0 Å². The van der Waals surface area contributed by atoms with Crippen LogP contribution in [-0.4, -0.2) is 20.9 Å². The number of aldehydes is 1. The van der Waals surface area contributed by atoms with Gasteiger partial charge >= 0.3 is 0 Å². The summed E-state index contributed by atoms with van der Waals surface area (Å²) in [5, 5.41) is 5.06. The van der Waals surface area contributed by atoms with Crippen LogP contribution in [0.15, 0.2) is 42.6 Å². The third-order valence-electron chi connectivity index (χ3n) is 2.81. The number of halogens is 1. The average molecular weight is 272 g/mol. The Kier molecular flexibility index (Phi) is 3.01. The van der Waals surface area contributed by atoms with Crippen LogP contribution in [0.4, 0.5) is 0 Å². The van der Waals surface area contributed by atoms with E-state index in [1.807, 2.05) is 24.3 Å². The highest BCUT2D eigenvalue weighted by Gasteiger charge is 2.05. The lowest BCUT2D eigenvalue weighted by atomic mass is 10.1. The summed E-state index contributed by atoms with van der Waals surface area (Å²) in [5.41, 5.74) is 2.40. The number of carbonyl (C=O) groups excluding carboxylic acids is 1. The minimum Gasteiger partial charge on any atom is -0.298 e. The predicted octanol–water partition coefficient (Wildman–Crippen LogP) is 2.79. The summed E-state index contributed by atoms with van der Waals surface area (Å²) in [4.78, 5) is 15.1. The normalized spacial score (nSPS) is 10.8. The Morgan fingerprint density at radius 2 is 1.95 bits per heavy atom. The van der Waals surface area contributed by atoms with Crippen molar-refractivity contribution >= 4 is 23.5 Å². The van der Waals surface area contributed by atoms with Crippen molar-refractivity contribution in [1.29, 1.82) is 0 Å². The molecule has 3 rings (SSSR count). The van der Waals surface area contributed by atoms with Crippen LogP contribution in [-0.2, 0) is 6.42 Å². The Balaban J connectivity index is 1.92. The molecule has 0 saturated carbocycles. The number of benzene rings is 1. The van der Waals surface area contributed by atoms with E-state index in [1.54, 1.807) is 22.8 Å². The largest absolute Gasteiger partial charge is 0.298 e. The summed E-state index contributed by atoms with van der Waals surface area (Å²) >= 11 is 5.84. The molecule has 0 N–H and O–H groups in total. The molecule has 0 saturated heterocycles. The first-order valence-electron chi connectivity index (χ1n) is 5.79. The molecular formula is C14H10ClN3O. The molecule has 0 fully saturated rings. The summed E-state index contributed by atoms with van der Waals surface area (Å²) in [6.45, 7) is 0. The molecule has 0 radical (unpaired) electrons. The van der Waals surface area contributed by atoms with E-state index in [4.69, 9.17) is 11.6 Å². The Labute approximate surface area is 114 Å². The molecule has 94 valence electrons. The van der Waals surface area contributed by atoms with Crippen LogP contribution in [0.1, 0.15) is 21.7 Å². The van der Waals surface area contributed by atoms with Gasteiger partial charge in [0.15, 0.2) is 17.8 Å². The van der Waals surface area contributed by atoms with Crippen molar-refractivity contribution in [3.8, 4) is 0 Å². The molecular weight excluding hydrogens is 262 g/mol. The molecule has 0 aliphatic carbocycles. The highest BCUT2D eigenvalue weighted by Crippen LogP contribution is 2.12. The highest BCUT2D eigenvalue weighted by atomic mass is 35.5. The minimum absolute atomic E-state index is 0.579. The second-order valence-electron chi connectivity index (χ2n) is 4.21. The van der Waals surface area contributed by atoms with E-state index >= 15 is 0 Å². The van der Waals surface area contributed by atoms with Crippen molar-refractivity contribution < 1.29 is 4.79 Å². The van der Waals surface area contributed by atoms with Gasteiger partial charge in [-0.2, -0.15) is 5.10 Å². The Bertz CT molecular complexity index is 734. The molecule has 0 unspecified atom stereocenters. The standard InChI is InChI=1S/C14H10ClN3O/c15-12-4-1-10(2-5-12)7-13-16-14-6-3-11(9-19)8-18(14)17-13/h1-6,8-9H,7H2. The zero-order valence-corrected chi connectivity index (χ0v) is 10.7. The SMILES string of the molecule is O=Cc1ccc2nc(Cc3ccc(Cl)cc3)nn2c1. The predicted molar refractivity (Wildman–Crippen MR) is 72.6 cm³/mol. The van der Waals surface area contributed by atoms with Gasteiger partial charge in [-0.05, 0) is 29.8 Å². The lowest BCUT2D eigenvalue weighted by Gasteiger charge is -1.96. The number of hydrogen-bond acceptors (Lipinski definition) is 3. The number of pyridine rings is 1. The third kappa shape index (κ3) is 2.48. The number of fused-ring (bicyclic) bond motifs is 1. The lowest BCUT2D eigenvalue weighted by Crippen LogP contribution is -1.93. The summed E-state index contributed by atoms with van der Waals surface area (Å²) in [7, 11) is 0. The monoisotopic (exact) mass is 271 g/mol. The fourth-order valence-corrected chi connectivity index (χ4v) is 2.00. The quantitative estimate of drug-likeness (QED) is 0.688. The maximum absolute atomic E-state index is 10.7. The Morgan fingerprint density at radius 3 is 2.68 bits per heavy atom. The number of carbonyl (C=O) groups is 1. The van der Waals surface area contributed by atoms with Crippen LogP contribution >= 0.6 is 11.6 Å². The maximum atomic E-state index is 10.7. The van der Waals surface area contributed by atoms with Gasteiger partial charge in [0.05, 0.1) is 0 Å². The molecule has 0 bridgehead atoms. The molecule has 0 aliphatic rings. The highest BCUT2D eigenvalue weighted by molar-refractivity contribution is 6.30. The van der Waals surface area contributed by atoms with Crippen LogP contribution in [0.2, 0.25) is 5.02 Å². The first-order valence-corrected chi connectivity index (χ1v) is 6.17. The van der Waals surface area contributed by atoms with Crippen molar-refractivity contribution in [2.75, 3.05) is 0 Å². The van der Waals surface area contributed by atoms with Gasteiger partial charge in [-0.25, -0.2) is 9.50 Å². The molecule has 2 heterocycles. The van der Waals surface area contributed by atoms with E-state index in [1.165, 1.54) is 0 Å². The number of nitrogens with zero attached hydrogens (tertiary/aromatic N) is 3. The molecule has 1 aromatic carbocycles. The van der Waals surface area contributed by atoms with Crippen LogP contribution in [0.5, 0.6) is 0 Å². The van der Waals surface area contributed by atoms with E-state index in [0.717, 1.165) is 17.5 Å². The molecule has 3 aromatic rings. The fraction of sp³-hybridized carbons (Fsp3) is 0.0714. The maximum Gasteiger partial charge on any atom is 0.156 e. The van der Waals surface area contributed by atoms with E-state index < -0.39 is 0 Å². The molecule has 2 aromatic heterocycles. The Morgan fingerprint density at radius 1 is 1.16 bits per heavy atom. The summed E-state index contributed by atoms with van der Waals surface area (Å²) < 4.78 is 1.62. The van der Waals surface area contributed by atoms with Gasteiger partial charge < -0.3 is 0 Å². The first kappa shape index (κ1) is 11.9. The van der Waals surface area contributed by atoms with Gasteiger partial charge in [0.25, 0.3) is 0 Å². The van der Waals surface area contributed by atoms with Crippen molar-refractivity contribution in [2.45, 2.75) is 6.42 Å². The van der Waals surface area contributed by atoms with Crippen LogP contribution in [0.3, 0.4) is 0 Å². The van der Waals surface area contributed by atoms with Gasteiger partial charge in [-0.3, -0.25) is 4.79 Å². The number of rotatable bonds is 3. The van der Waals surface area contributed by atoms with Crippen LogP contribution < -0.4 is 0 Å². The van der Waals surface area contributed by atoms with Crippen molar-refractivity contribution in [1.82, 2.24) is 14.6 Å². The van der Waals surface area contributed by atoms with E-state index in [9.17, 15) is 4.79 Å². The second-order valence-corrected chi connectivity index (χ2v) is 4.65. The Hall–Kier alpha value is -2.20. The van der Waals surface area contributed by atoms with Gasteiger partial charge in [0, 0.05) is 23.2 Å².